The molecule has 0 radical (unpaired) electrons. The molecule has 3 heterocycles. The minimum absolute atomic E-state index is 0.0490. The average molecular weight is 421 g/mol. The molecule has 0 fully saturated rings. The SMILES string of the molecule is COc1ccccc1[C@@H]1c2[nH]c3ccccc3c2CCN1Cc1c(C)nn(C)c1Cl. The molecule has 0 aliphatic carbocycles. The largest absolute Gasteiger partial charge is 0.496 e. The third-order valence-corrected chi connectivity index (χ3v) is 6.67. The molecule has 0 saturated carbocycles. The quantitative estimate of drug-likeness (QED) is 0.504. The second kappa shape index (κ2) is 7.49. The lowest BCUT2D eigenvalue weighted by Crippen LogP contribution is -2.36. The van der Waals surface area contributed by atoms with Crippen molar-refractivity contribution in [2.45, 2.75) is 25.9 Å². The number of aromatic amines is 1. The van der Waals surface area contributed by atoms with Crippen molar-refractivity contribution in [3.63, 3.8) is 0 Å². The van der Waals surface area contributed by atoms with Crippen LogP contribution < -0.4 is 4.74 Å². The molecule has 1 atom stereocenters. The fraction of sp³-hybridized carbons (Fsp3) is 0.292. The molecule has 1 N–H and O–H groups in total. The normalized spacial score (nSPS) is 16.7. The van der Waals surface area contributed by atoms with E-state index in [9.17, 15) is 0 Å². The van der Waals surface area contributed by atoms with Crippen molar-refractivity contribution in [2.75, 3.05) is 13.7 Å². The molecule has 0 spiro atoms. The van der Waals surface area contributed by atoms with Gasteiger partial charge in [-0.1, -0.05) is 48.0 Å². The van der Waals surface area contributed by atoms with Gasteiger partial charge < -0.3 is 9.72 Å². The van der Waals surface area contributed by atoms with E-state index in [2.05, 4.69) is 51.4 Å². The monoisotopic (exact) mass is 420 g/mol. The molecule has 0 saturated heterocycles. The topological polar surface area (TPSA) is 46.1 Å². The van der Waals surface area contributed by atoms with Crippen LogP contribution in [0.3, 0.4) is 0 Å². The van der Waals surface area contributed by atoms with Gasteiger partial charge in [0, 0.05) is 47.9 Å². The summed E-state index contributed by atoms with van der Waals surface area (Å²) >= 11 is 6.59. The Morgan fingerprint density at radius 2 is 1.93 bits per heavy atom. The van der Waals surface area contributed by atoms with Gasteiger partial charge in [0.25, 0.3) is 0 Å². The number of benzene rings is 2. The Morgan fingerprint density at radius 3 is 2.70 bits per heavy atom. The fourth-order valence-electron chi connectivity index (χ4n) is 4.76. The number of H-pyrrole nitrogens is 1. The Balaban J connectivity index is 1.67. The van der Waals surface area contributed by atoms with Gasteiger partial charge in [0.05, 0.1) is 18.8 Å². The smallest absolute Gasteiger partial charge is 0.131 e. The zero-order valence-corrected chi connectivity index (χ0v) is 18.2. The number of hydrogen-bond acceptors (Lipinski definition) is 3. The zero-order valence-electron chi connectivity index (χ0n) is 17.4. The Hall–Kier alpha value is -2.76. The average Bonchev–Trinajstić information content (AvgIpc) is 3.25. The van der Waals surface area contributed by atoms with Gasteiger partial charge in [0.2, 0.25) is 0 Å². The van der Waals surface area contributed by atoms with E-state index in [-0.39, 0.29) is 6.04 Å². The van der Waals surface area contributed by atoms with Gasteiger partial charge in [-0.3, -0.25) is 9.58 Å². The van der Waals surface area contributed by atoms with Crippen LogP contribution in [0, 0.1) is 6.92 Å². The summed E-state index contributed by atoms with van der Waals surface area (Å²) in [6.07, 6.45) is 0.988. The summed E-state index contributed by atoms with van der Waals surface area (Å²) in [6, 6.07) is 16.9. The first-order valence-electron chi connectivity index (χ1n) is 10.2. The molecular weight excluding hydrogens is 396 g/mol. The number of halogens is 1. The maximum Gasteiger partial charge on any atom is 0.131 e. The van der Waals surface area contributed by atoms with E-state index >= 15 is 0 Å². The lowest BCUT2D eigenvalue weighted by atomic mass is 9.91. The molecule has 0 amide bonds. The van der Waals surface area contributed by atoms with Gasteiger partial charge in [-0.15, -0.1) is 0 Å². The predicted molar refractivity (Wildman–Crippen MR) is 120 cm³/mol. The molecule has 0 unspecified atom stereocenters. The van der Waals surface area contributed by atoms with Crippen LogP contribution >= 0.6 is 11.6 Å². The van der Waals surface area contributed by atoms with E-state index < -0.39 is 0 Å². The molecule has 6 heteroatoms. The number of rotatable bonds is 4. The lowest BCUT2D eigenvalue weighted by Gasteiger charge is -2.36. The van der Waals surface area contributed by atoms with E-state index in [4.69, 9.17) is 16.3 Å². The molecule has 4 aromatic rings. The Morgan fingerprint density at radius 1 is 1.17 bits per heavy atom. The van der Waals surface area contributed by atoms with E-state index in [1.807, 2.05) is 26.1 Å². The van der Waals surface area contributed by atoms with Crippen LogP contribution in [0.1, 0.15) is 34.1 Å². The summed E-state index contributed by atoms with van der Waals surface area (Å²) in [6.45, 7) is 3.69. The highest BCUT2D eigenvalue weighted by Gasteiger charge is 2.34. The number of ether oxygens (including phenoxy) is 1. The first-order chi connectivity index (χ1) is 14.6. The second-order valence-corrected chi connectivity index (χ2v) is 8.26. The molecule has 154 valence electrons. The maximum absolute atomic E-state index is 6.59. The standard InChI is InChI=1S/C24H25ClN4O/c1-15-19(24(25)28(2)27-15)14-29-13-12-17-16-8-4-6-10-20(16)26-22(17)23(29)18-9-5-7-11-21(18)30-3/h4-11,23,26H,12-14H2,1-3H3/t23-/m1/s1. The minimum atomic E-state index is 0.0490. The van der Waals surface area contributed by atoms with Crippen molar-refractivity contribution in [1.82, 2.24) is 19.7 Å². The van der Waals surface area contributed by atoms with Crippen molar-refractivity contribution in [1.29, 1.82) is 0 Å². The number of hydrogen-bond donors (Lipinski definition) is 1. The summed E-state index contributed by atoms with van der Waals surface area (Å²) in [5.41, 5.74) is 7.03. The van der Waals surface area contributed by atoms with E-state index in [0.717, 1.165) is 42.1 Å². The van der Waals surface area contributed by atoms with Crippen LogP contribution in [0.25, 0.3) is 10.9 Å². The lowest BCUT2D eigenvalue weighted by molar-refractivity contribution is 0.198. The predicted octanol–water partition coefficient (Wildman–Crippen LogP) is 5.02. The van der Waals surface area contributed by atoms with E-state index in [1.54, 1.807) is 11.8 Å². The molecular formula is C24H25ClN4O. The highest BCUT2D eigenvalue weighted by molar-refractivity contribution is 6.30. The first-order valence-corrected chi connectivity index (χ1v) is 10.6. The Labute approximate surface area is 181 Å². The first kappa shape index (κ1) is 19.2. The Bertz CT molecular complexity index is 1230. The summed E-state index contributed by atoms with van der Waals surface area (Å²) in [7, 11) is 3.63. The highest BCUT2D eigenvalue weighted by Crippen LogP contribution is 2.42. The summed E-state index contributed by atoms with van der Waals surface area (Å²) in [5.74, 6) is 0.896. The maximum atomic E-state index is 6.59. The molecule has 0 bridgehead atoms. The number of aromatic nitrogens is 3. The summed E-state index contributed by atoms with van der Waals surface area (Å²) < 4.78 is 7.51. The van der Waals surface area contributed by atoms with Gasteiger partial charge in [-0.25, -0.2) is 0 Å². The van der Waals surface area contributed by atoms with E-state index in [1.165, 1.54) is 22.2 Å². The third-order valence-electron chi connectivity index (χ3n) is 6.20. The highest BCUT2D eigenvalue weighted by atomic mass is 35.5. The molecule has 1 aliphatic heterocycles. The second-order valence-electron chi connectivity index (χ2n) is 7.91. The molecule has 2 aromatic heterocycles. The van der Waals surface area contributed by atoms with Gasteiger partial charge in [-0.05, 0) is 31.0 Å². The van der Waals surface area contributed by atoms with Gasteiger partial charge in [0.1, 0.15) is 10.9 Å². The van der Waals surface area contributed by atoms with E-state index in [0.29, 0.717) is 5.15 Å². The van der Waals surface area contributed by atoms with Gasteiger partial charge in [0.15, 0.2) is 0 Å². The van der Waals surface area contributed by atoms with Crippen LogP contribution in [0.5, 0.6) is 5.75 Å². The molecule has 5 rings (SSSR count). The van der Waals surface area contributed by atoms with Crippen LogP contribution in [0.4, 0.5) is 0 Å². The van der Waals surface area contributed by atoms with Gasteiger partial charge >= 0.3 is 0 Å². The summed E-state index contributed by atoms with van der Waals surface area (Å²) in [5, 5.41) is 6.52. The molecule has 30 heavy (non-hydrogen) atoms. The minimum Gasteiger partial charge on any atom is -0.496 e. The number of nitrogens with zero attached hydrogens (tertiary/aromatic N) is 3. The number of aryl methyl sites for hydroxylation is 2. The summed E-state index contributed by atoms with van der Waals surface area (Å²) in [4.78, 5) is 6.19. The molecule has 5 nitrogen and oxygen atoms in total. The van der Waals surface area contributed by atoms with Crippen molar-refractivity contribution in [3.8, 4) is 5.75 Å². The van der Waals surface area contributed by atoms with Crippen LogP contribution in [-0.4, -0.2) is 33.3 Å². The van der Waals surface area contributed by atoms with Crippen molar-refractivity contribution in [3.05, 3.63) is 81.8 Å². The number of fused-ring (bicyclic) bond motifs is 3. The molecule has 2 aromatic carbocycles. The van der Waals surface area contributed by atoms with Crippen LogP contribution in [0.2, 0.25) is 5.15 Å². The third kappa shape index (κ3) is 3.01. The zero-order chi connectivity index (χ0) is 20.8. The Kier molecular flexibility index (Phi) is 4.80. The van der Waals surface area contributed by atoms with Gasteiger partial charge in [-0.2, -0.15) is 5.10 Å². The van der Waals surface area contributed by atoms with Crippen LogP contribution in [-0.2, 0) is 20.0 Å². The number of para-hydroxylation sites is 2. The molecule has 1 aliphatic rings. The van der Waals surface area contributed by atoms with Crippen molar-refractivity contribution in [2.24, 2.45) is 7.05 Å². The number of nitrogens with one attached hydrogen (secondary N) is 1. The van der Waals surface area contributed by atoms with Crippen molar-refractivity contribution >= 4 is 22.5 Å². The van der Waals surface area contributed by atoms with Crippen LogP contribution in [0.15, 0.2) is 48.5 Å². The fourth-order valence-corrected chi connectivity index (χ4v) is 5.00. The number of methoxy groups -OCH3 is 1. The van der Waals surface area contributed by atoms with Crippen molar-refractivity contribution < 1.29 is 4.74 Å².